The lowest BCUT2D eigenvalue weighted by atomic mass is 9.93. The number of nitrogens with two attached hydrogens (primary N) is 1. The van der Waals surface area contributed by atoms with Crippen molar-refractivity contribution in [3.8, 4) is 0 Å². The Hall–Kier alpha value is -0.530. The van der Waals surface area contributed by atoms with Gasteiger partial charge in [0.15, 0.2) is 0 Å². The van der Waals surface area contributed by atoms with Gasteiger partial charge in [-0.15, -0.1) is 0 Å². The van der Waals surface area contributed by atoms with Gasteiger partial charge in [-0.1, -0.05) is 155 Å². The molecule has 0 aromatic carbocycles. The molecule has 0 aromatic rings. The van der Waals surface area contributed by atoms with Crippen LogP contribution >= 0.6 is 0 Å². The van der Waals surface area contributed by atoms with E-state index in [1.807, 2.05) is 0 Å². The predicted octanol–water partition coefficient (Wildman–Crippen LogP) is 9.49. The number of primary amides is 1. The maximum absolute atomic E-state index is 11.7. The van der Waals surface area contributed by atoms with Crippen molar-refractivity contribution in [2.75, 3.05) is 0 Å². The first-order valence-electron chi connectivity index (χ1n) is 14.0. The lowest BCUT2D eigenvalue weighted by molar-refractivity contribution is -0.122. The first-order valence-corrected chi connectivity index (χ1v) is 14.0. The van der Waals surface area contributed by atoms with Crippen molar-refractivity contribution in [3.63, 3.8) is 0 Å². The molecular weight excluding hydrogens is 366 g/mol. The zero-order chi connectivity index (χ0) is 22.1. The Morgan fingerprint density at radius 3 is 0.933 bits per heavy atom. The summed E-state index contributed by atoms with van der Waals surface area (Å²) in [6.07, 6.45) is 32.0. The van der Waals surface area contributed by atoms with E-state index in [1.54, 1.807) is 0 Å². The van der Waals surface area contributed by atoms with Crippen LogP contribution in [-0.2, 0) is 4.79 Å². The summed E-state index contributed by atoms with van der Waals surface area (Å²) in [5.41, 5.74) is 5.66. The molecule has 0 fully saturated rings. The average Bonchev–Trinajstić information content (AvgIpc) is 2.74. The van der Waals surface area contributed by atoms with E-state index < -0.39 is 0 Å². The number of rotatable bonds is 25. The summed E-state index contributed by atoms with van der Waals surface area (Å²) in [6, 6.07) is 0. The van der Waals surface area contributed by atoms with Gasteiger partial charge in [-0.25, -0.2) is 0 Å². The SMILES string of the molecule is CCCCCCCCCCCCCCC(CCCCCCCCCCCC)C(N)=O. The highest BCUT2D eigenvalue weighted by atomic mass is 16.1. The molecule has 2 N–H and O–H groups in total. The van der Waals surface area contributed by atoms with Gasteiger partial charge in [0.25, 0.3) is 0 Å². The lowest BCUT2D eigenvalue weighted by Crippen LogP contribution is -2.23. The normalized spacial score (nSPS) is 12.3. The highest BCUT2D eigenvalue weighted by molar-refractivity contribution is 5.76. The van der Waals surface area contributed by atoms with Crippen molar-refractivity contribution < 1.29 is 4.79 Å². The molecular formula is C28H57NO. The molecule has 0 aromatic heterocycles. The minimum atomic E-state index is -0.0611. The largest absolute Gasteiger partial charge is 0.369 e. The number of amides is 1. The molecule has 180 valence electrons. The predicted molar refractivity (Wildman–Crippen MR) is 135 cm³/mol. The Balaban J connectivity index is 3.43. The van der Waals surface area contributed by atoms with Crippen molar-refractivity contribution in [1.29, 1.82) is 0 Å². The lowest BCUT2D eigenvalue weighted by Gasteiger charge is -2.13. The average molecular weight is 424 g/mol. The maximum atomic E-state index is 11.7. The van der Waals surface area contributed by atoms with Crippen molar-refractivity contribution in [1.82, 2.24) is 0 Å². The number of carbonyl (C=O) groups is 1. The highest BCUT2D eigenvalue weighted by Gasteiger charge is 2.14. The van der Waals surface area contributed by atoms with Gasteiger partial charge in [-0.2, -0.15) is 0 Å². The van der Waals surface area contributed by atoms with Gasteiger partial charge >= 0.3 is 0 Å². The Kier molecular flexibility index (Phi) is 24.3. The van der Waals surface area contributed by atoms with Gasteiger partial charge in [0.2, 0.25) is 5.91 Å². The topological polar surface area (TPSA) is 43.1 Å². The van der Waals surface area contributed by atoms with E-state index in [4.69, 9.17) is 5.73 Å². The summed E-state index contributed by atoms with van der Waals surface area (Å²) >= 11 is 0. The summed E-state index contributed by atoms with van der Waals surface area (Å²) in [5.74, 6) is 0.0659. The fraction of sp³-hybridized carbons (Fsp3) is 0.964. The minimum Gasteiger partial charge on any atom is -0.369 e. The minimum absolute atomic E-state index is 0.0611. The fourth-order valence-corrected chi connectivity index (χ4v) is 4.54. The molecule has 0 aliphatic rings. The third-order valence-corrected chi connectivity index (χ3v) is 6.71. The molecule has 0 aliphatic heterocycles. The molecule has 0 radical (unpaired) electrons. The van der Waals surface area contributed by atoms with Crippen LogP contribution < -0.4 is 5.73 Å². The number of unbranched alkanes of at least 4 members (excludes halogenated alkanes) is 20. The van der Waals surface area contributed by atoms with Crippen LogP contribution in [0, 0.1) is 5.92 Å². The Labute approximate surface area is 190 Å². The molecule has 0 bridgehead atoms. The van der Waals surface area contributed by atoms with Crippen LogP contribution in [0.1, 0.15) is 168 Å². The number of hydrogen-bond acceptors (Lipinski definition) is 1. The second-order valence-corrected chi connectivity index (χ2v) is 9.75. The van der Waals surface area contributed by atoms with Crippen molar-refractivity contribution in [2.24, 2.45) is 11.7 Å². The second-order valence-electron chi connectivity index (χ2n) is 9.75. The summed E-state index contributed by atoms with van der Waals surface area (Å²) in [5, 5.41) is 0. The first-order chi connectivity index (χ1) is 14.7. The van der Waals surface area contributed by atoms with Crippen molar-refractivity contribution >= 4 is 5.91 Å². The zero-order valence-corrected chi connectivity index (χ0v) is 21.0. The van der Waals surface area contributed by atoms with Crippen molar-refractivity contribution in [3.05, 3.63) is 0 Å². The highest BCUT2D eigenvalue weighted by Crippen LogP contribution is 2.19. The van der Waals surface area contributed by atoms with E-state index in [-0.39, 0.29) is 11.8 Å². The van der Waals surface area contributed by atoms with Gasteiger partial charge in [0, 0.05) is 5.92 Å². The van der Waals surface area contributed by atoms with Gasteiger partial charge < -0.3 is 5.73 Å². The third-order valence-electron chi connectivity index (χ3n) is 6.71. The maximum Gasteiger partial charge on any atom is 0.220 e. The third kappa shape index (κ3) is 22.2. The molecule has 1 atom stereocenters. The monoisotopic (exact) mass is 423 g/mol. The van der Waals surface area contributed by atoms with Crippen molar-refractivity contribution in [2.45, 2.75) is 168 Å². The van der Waals surface area contributed by atoms with E-state index in [0.717, 1.165) is 12.8 Å². The molecule has 0 rings (SSSR count). The Morgan fingerprint density at radius 1 is 0.467 bits per heavy atom. The van der Waals surface area contributed by atoms with E-state index in [1.165, 1.54) is 141 Å². The van der Waals surface area contributed by atoms with Crippen LogP contribution in [0.5, 0.6) is 0 Å². The summed E-state index contributed by atoms with van der Waals surface area (Å²) < 4.78 is 0. The smallest absolute Gasteiger partial charge is 0.220 e. The van der Waals surface area contributed by atoms with E-state index in [2.05, 4.69) is 13.8 Å². The number of carbonyl (C=O) groups excluding carboxylic acids is 1. The molecule has 0 heterocycles. The van der Waals surface area contributed by atoms with Gasteiger partial charge in [-0.3, -0.25) is 4.79 Å². The molecule has 30 heavy (non-hydrogen) atoms. The quantitative estimate of drug-likeness (QED) is 0.146. The first kappa shape index (κ1) is 29.5. The van der Waals surface area contributed by atoms with Crippen LogP contribution in [0.3, 0.4) is 0 Å². The molecule has 2 heteroatoms. The van der Waals surface area contributed by atoms with Gasteiger partial charge in [-0.05, 0) is 12.8 Å². The second kappa shape index (κ2) is 24.7. The standard InChI is InChI=1S/C28H57NO/c1-3-5-7-9-11-13-15-16-18-20-22-24-26-27(28(29)30)25-23-21-19-17-14-12-10-8-6-4-2/h27H,3-26H2,1-2H3,(H2,29,30). The van der Waals surface area contributed by atoms with Crippen LogP contribution in [0.15, 0.2) is 0 Å². The van der Waals surface area contributed by atoms with E-state index in [9.17, 15) is 4.79 Å². The Morgan fingerprint density at radius 2 is 0.700 bits per heavy atom. The molecule has 0 saturated heterocycles. The molecule has 2 nitrogen and oxygen atoms in total. The zero-order valence-electron chi connectivity index (χ0n) is 21.0. The van der Waals surface area contributed by atoms with Crippen LogP contribution in [-0.4, -0.2) is 5.91 Å². The molecule has 0 aliphatic carbocycles. The molecule has 0 saturated carbocycles. The van der Waals surface area contributed by atoms with Crippen LogP contribution in [0.25, 0.3) is 0 Å². The van der Waals surface area contributed by atoms with E-state index >= 15 is 0 Å². The van der Waals surface area contributed by atoms with Crippen LogP contribution in [0.2, 0.25) is 0 Å². The van der Waals surface area contributed by atoms with E-state index in [0.29, 0.717) is 0 Å². The van der Waals surface area contributed by atoms with Gasteiger partial charge in [0.1, 0.15) is 0 Å². The van der Waals surface area contributed by atoms with Crippen LogP contribution in [0.4, 0.5) is 0 Å². The van der Waals surface area contributed by atoms with Gasteiger partial charge in [0.05, 0.1) is 0 Å². The molecule has 1 unspecified atom stereocenters. The Bertz CT molecular complexity index is 342. The molecule has 1 amide bonds. The number of hydrogen-bond donors (Lipinski definition) is 1. The summed E-state index contributed by atoms with van der Waals surface area (Å²) in [4.78, 5) is 11.7. The summed E-state index contributed by atoms with van der Waals surface area (Å²) in [7, 11) is 0. The summed E-state index contributed by atoms with van der Waals surface area (Å²) in [6.45, 7) is 4.56. The molecule has 0 spiro atoms. The fourth-order valence-electron chi connectivity index (χ4n) is 4.54.